The number of likely N-dealkylation sites (tertiary alicyclic amines) is 1. The van der Waals surface area contributed by atoms with Gasteiger partial charge in [-0.3, -0.25) is 19.3 Å². The molecule has 0 saturated carbocycles. The van der Waals surface area contributed by atoms with E-state index in [4.69, 9.17) is 0 Å². The van der Waals surface area contributed by atoms with Gasteiger partial charge in [-0.2, -0.15) is 0 Å². The van der Waals surface area contributed by atoms with Gasteiger partial charge in [0.25, 0.3) is 0 Å². The maximum absolute atomic E-state index is 12.3. The first-order chi connectivity index (χ1) is 12.3. The van der Waals surface area contributed by atoms with Crippen molar-refractivity contribution in [3.8, 4) is 0 Å². The van der Waals surface area contributed by atoms with E-state index in [2.05, 4.69) is 10.2 Å². The summed E-state index contributed by atoms with van der Waals surface area (Å²) >= 11 is 0. The summed E-state index contributed by atoms with van der Waals surface area (Å²) in [6.45, 7) is 11.0. The fraction of sp³-hybridized carbons (Fsp3) is 0.842. The van der Waals surface area contributed by atoms with E-state index in [1.165, 1.54) is 6.42 Å². The van der Waals surface area contributed by atoms with Crippen molar-refractivity contribution in [1.82, 2.24) is 20.0 Å². The highest BCUT2D eigenvalue weighted by Crippen LogP contribution is 2.13. The molecule has 2 fully saturated rings. The predicted octanol–water partition coefficient (Wildman–Crippen LogP) is 0.696. The maximum atomic E-state index is 12.3. The minimum Gasteiger partial charge on any atom is -0.355 e. The van der Waals surface area contributed by atoms with Crippen LogP contribution >= 0.6 is 0 Å². The van der Waals surface area contributed by atoms with E-state index in [0.717, 1.165) is 39.0 Å². The smallest absolute Gasteiger partial charge is 0.236 e. The van der Waals surface area contributed by atoms with Gasteiger partial charge in [0, 0.05) is 57.6 Å². The predicted molar refractivity (Wildman–Crippen MR) is 101 cm³/mol. The minimum atomic E-state index is -0.435. The third kappa shape index (κ3) is 6.27. The summed E-state index contributed by atoms with van der Waals surface area (Å²) in [7, 11) is 0. The zero-order chi connectivity index (χ0) is 19.2. The van der Waals surface area contributed by atoms with Gasteiger partial charge in [0.15, 0.2) is 0 Å². The van der Waals surface area contributed by atoms with Crippen molar-refractivity contribution >= 4 is 17.7 Å². The lowest BCUT2D eigenvalue weighted by molar-refractivity contribution is -0.135. The number of piperidine rings is 1. The van der Waals surface area contributed by atoms with E-state index < -0.39 is 5.41 Å². The number of amides is 3. The van der Waals surface area contributed by atoms with Crippen LogP contribution in [-0.2, 0) is 14.4 Å². The Bertz CT molecular complexity index is 501. The summed E-state index contributed by atoms with van der Waals surface area (Å²) in [6.07, 6.45) is 3.77. The standard InChI is InChI=1S/C19H34N4O3/c1-19(2,3)18(26)20-8-7-16(24)23-13-11-21(12-14-23)15-17(25)22-9-5-4-6-10-22/h4-15H2,1-3H3,(H,20,26). The minimum absolute atomic E-state index is 0.0358. The second-order valence-corrected chi connectivity index (χ2v) is 8.35. The molecule has 2 rings (SSSR count). The lowest BCUT2D eigenvalue weighted by atomic mass is 9.96. The van der Waals surface area contributed by atoms with E-state index in [1.807, 2.05) is 30.6 Å². The Morgan fingerprint density at radius 3 is 1.96 bits per heavy atom. The molecule has 0 atom stereocenters. The molecule has 0 aliphatic carbocycles. The molecule has 0 unspecified atom stereocenters. The number of piperazine rings is 1. The second-order valence-electron chi connectivity index (χ2n) is 8.35. The normalized spacial score (nSPS) is 19.3. The van der Waals surface area contributed by atoms with E-state index in [1.54, 1.807) is 0 Å². The van der Waals surface area contributed by atoms with Crippen LogP contribution in [-0.4, -0.2) is 84.8 Å². The van der Waals surface area contributed by atoms with Crippen LogP contribution in [0.2, 0.25) is 0 Å². The first-order valence-electron chi connectivity index (χ1n) is 9.83. The zero-order valence-corrected chi connectivity index (χ0v) is 16.6. The summed E-state index contributed by atoms with van der Waals surface area (Å²) in [5.41, 5.74) is -0.435. The Hall–Kier alpha value is -1.63. The average Bonchev–Trinajstić information content (AvgIpc) is 2.62. The van der Waals surface area contributed by atoms with Gasteiger partial charge in [-0.15, -0.1) is 0 Å². The van der Waals surface area contributed by atoms with Gasteiger partial charge in [-0.1, -0.05) is 20.8 Å². The Kier molecular flexibility index (Phi) is 7.43. The van der Waals surface area contributed by atoms with Crippen LogP contribution in [0.25, 0.3) is 0 Å². The van der Waals surface area contributed by atoms with Crippen molar-refractivity contribution in [3.05, 3.63) is 0 Å². The Balaban J connectivity index is 1.65. The molecule has 3 amide bonds. The lowest BCUT2D eigenvalue weighted by Gasteiger charge is -2.36. The lowest BCUT2D eigenvalue weighted by Crippen LogP contribution is -2.52. The second kappa shape index (κ2) is 9.35. The molecule has 0 aromatic carbocycles. The van der Waals surface area contributed by atoms with Crippen LogP contribution < -0.4 is 5.32 Å². The van der Waals surface area contributed by atoms with E-state index >= 15 is 0 Å². The highest BCUT2D eigenvalue weighted by atomic mass is 16.2. The van der Waals surface area contributed by atoms with Gasteiger partial charge >= 0.3 is 0 Å². The van der Waals surface area contributed by atoms with Gasteiger partial charge in [0.2, 0.25) is 17.7 Å². The largest absolute Gasteiger partial charge is 0.355 e. The molecule has 0 spiro atoms. The van der Waals surface area contributed by atoms with Crippen molar-refractivity contribution in [2.24, 2.45) is 5.41 Å². The number of nitrogens with zero attached hydrogens (tertiary/aromatic N) is 3. The van der Waals surface area contributed by atoms with Crippen LogP contribution in [0, 0.1) is 5.41 Å². The van der Waals surface area contributed by atoms with Crippen molar-refractivity contribution in [1.29, 1.82) is 0 Å². The maximum Gasteiger partial charge on any atom is 0.236 e. The topological polar surface area (TPSA) is 73.0 Å². The molecule has 1 N–H and O–H groups in total. The molecular weight excluding hydrogens is 332 g/mol. The monoisotopic (exact) mass is 366 g/mol. The number of hydrogen-bond donors (Lipinski definition) is 1. The summed E-state index contributed by atoms with van der Waals surface area (Å²) in [5.74, 6) is 0.252. The van der Waals surface area contributed by atoms with Crippen molar-refractivity contribution in [2.75, 3.05) is 52.4 Å². The van der Waals surface area contributed by atoms with Gasteiger partial charge in [-0.05, 0) is 19.3 Å². The van der Waals surface area contributed by atoms with Crippen LogP contribution in [0.4, 0.5) is 0 Å². The SMILES string of the molecule is CC(C)(C)C(=O)NCCC(=O)N1CCN(CC(=O)N2CCCCC2)CC1. The zero-order valence-electron chi connectivity index (χ0n) is 16.6. The molecule has 7 nitrogen and oxygen atoms in total. The highest BCUT2D eigenvalue weighted by molar-refractivity contribution is 5.82. The molecule has 148 valence electrons. The van der Waals surface area contributed by atoms with Crippen LogP contribution in [0.5, 0.6) is 0 Å². The van der Waals surface area contributed by atoms with Crippen LogP contribution in [0.3, 0.4) is 0 Å². The fourth-order valence-electron chi connectivity index (χ4n) is 3.30. The van der Waals surface area contributed by atoms with Crippen LogP contribution in [0.15, 0.2) is 0 Å². The Morgan fingerprint density at radius 2 is 1.38 bits per heavy atom. The first kappa shape index (κ1) is 20.7. The number of hydrogen-bond acceptors (Lipinski definition) is 4. The van der Waals surface area contributed by atoms with E-state index in [0.29, 0.717) is 32.6 Å². The summed E-state index contributed by atoms with van der Waals surface area (Å²) in [4.78, 5) is 42.4. The third-order valence-corrected chi connectivity index (χ3v) is 5.10. The Morgan fingerprint density at radius 1 is 0.808 bits per heavy atom. The number of rotatable bonds is 5. The highest BCUT2D eigenvalue weighted by Gasteiger charge is 2.25. The number of nitrogens with one attached hydrogen (secondary N) is 1. The molecule has 2 heterocycles. The molecule has 2 saturated heterocycles. The van der Waals surface area contributed by atoms with Crippen molar-refractivity contribution in [2.45, 2.75) is 46.5 Å². The number of carbonyl (C=O) groups is 3. The van der Waals surface area contributed by atoms with Crippen LogP contribution in [0.1, 0.15) is 46.5 Å². The quantitative estimate of drug-likeness (QED) is 0.777. The molecular formula is C19H34N4O3. The fourth-order valence-corrected chi connectivity index (χ4v) is 3.30. The summed E-state index contributed by atoms with van der Waals surface area (Å²) in [6, 6.07) is 0. The number of carbonyl (C=O) groups excluding carboxylic acids is 3. The molecule has 0 bridgehead atoms. The molecule has 0 radical (unpaired) electrons. The molecule has 0 aromatic rings. The van der Waals surface area contributed by atoms with E-state index in [-0.39, 0.29) is 17.7 Å². The van der Waals surface area contributed by atoms with Gasteiger partial charge in [-0.25, -0.2) is 0 Å². The van der Waals surface area contributed by atoms with Crippen molar-refractivity contribution in [3.63, 3.8) is 0 Å². The molecule has 2 aliphatic heterocycles. The van der Waals surface area contributed by atoms with Gasteiger partial charge < -0.3 is 15.1 Å². The van der Waals surface area contributed by atoms with E-state index in [9.17, 15) is 14.4 Å². The average molecular weight is 367 g/mol. The first-order valence-corrected chi connectivity index (χ1v) is 9.83. The molecule has 26 heavy (non-hydrogen) atoms. The molecule has 0 aromatic heterocycles. The summed E-state index contributed by atoms with van der Waals surface area (Å²) in [5, 5.41) is 2.82. The summed E-state index contributed by atoms with van der Waals surface area (Å²) < 4.78 is 0. The van der Waals surface area contributed by atoms with Gasteiger partial charge in [0.05, 0.1) is 6.54 Å². The molecule has 7 heteroatoms. The van der Waals surface area contributed by atoms with Crippen molar-refractivity contribution < 1.29 is 14.4 Å². The van der Waals surface area contributed by atoms with Gasteiger partial charge in [0.1, 0.15) is 0 Å². The molecule has 2 aliphatic rings. The third-order valence-electron chi connectivity index (χ3n) is 5.10. The Labute approximate surface area is 157 Å².